The Morgan fingerprint density at radius 2 is 1.73 bits per heavy atom. The number of sulfonamides is 1. The Kier molecular flexibility index (Phi) is 7.22. The van der Waals surface area contributed by atoms with Crippen molar-refractivity contribution in [2.45, 2.75) is 18.4 Å². The summed E-state index contributed by atoms with van der Waals surface area (Å²) < 4.78 is 25.6. The zero-order chi connectivity index (χ0) is 21.6. The average Bonchev–Trinajstić information content (AvgIpc) is 2.77. The summed E-state index contributed by atoms with van der Waals surface area (Å²) in [5.41, 5.74) is 0.958. The molecule has 1 aliphatic heterocycles. The highest BCUT2D eigenvalue weighted by Crippen LogP contribution is 2.15. The van der Waals surface area contributed by atoms with Crippen LogP contribution in [0.5, 0.6) is 0 Å². The fourth-order valence-electron chi connectivity index (χ4n) is 3.14. The van der Waals surface area contributed by atoms with Crippen LogP contribution in [0.2, 0.25) is 0 Å². The van der Waals surface area contributed by atoms with Gasteiger partial charge in [-0.25, -0.2) is 27.7 Å². The molecule has 1 saturated heterocycles. The summed E-state index contributed by atoms with van der Waals surface area (Å²) in [4.78, 5) is 18.1. The number of hydrogen-bond acceptors (Lipinski definition) is 6. The summed E-state index contributed by atoms with van der Waals surface area (Å²) in [5, 5.41) is 3.35. The molecule has 2 aromatic rings. The number of nitrogens with one attached hydrogen (secondary N) is 1. The van der Waals surface area contributed by atoms with E-state index in [4.69, 9.17) is 4.99 Å². The van der Waals surface area contributed by atoms with E-state index in [1.54, 1.807) is 24.5 Å². The van der Waals surface area contributed by atoms with Crippen LogP contribution in [0, 0.1) is 0 Å². The molecule has 9 nitrogen and oxygen atoms in total. The van der Waals surface area contributed by atoms with Crippen molar-refractivity contribution >= 4 is 21.9 Å². The number of hydrogen-bond donors (Lipinski definition) is 1. The predicted molar refractivity (Wildman–Crippen MR) is 118 cm³/mol. The van der Waals surface area contributed by atoms with Crippen molar-refractivity contribution in [3.63, 3.8) is 0 Å². The van der Waals surface area contributed by atoms with E-state index in [0.29, 0.717) is 6.54 Å². The molecule has 1 fully saturated rings. The van der Waals surface area contributed by atoms with Crippen molar-refractivity contribution in [3.8, 4) is 0 Å². The van der Waals surface area contributed by atoms with E-state index in [2.05, 4.69) is 25.1 Å². The van der Waals surface area contributed by atoms with Crippen LogP contribution in [-0.4, -0.2) is 80.4 Å². The molecule has 162 valence electrons. The van der Waals surface area contributed by atoms with Gasteiger partial charge in [-0.3, -0.25) is 0 Å². The van der Waals surface area contributed by atoms with Crippen LogP contribution in [0.25, 0.3) is 0 Å². The number of guanidine groups is 1. The number of nitrogens with zero attached hydrogens (tertiary/aromatic N) is 6. The van der Waals surface area contributed by atoms with Crippen molar-refractivity contribution in [1.82, 2.24) is 24.5 Å². The van der Waals surface area contributed by atoms with Gasteiger partial charge >= 0.3 is 0 Å². The fourth-order valence-corrected chi connectivity index (χ4v) is 4.04. The minimum absolute atomic E-state index is 0.284. The standard InChI is InChI=1S/C20H29N7O2S/c1-4-21-19(26-12-14-27(15-13-26)20-22-10-5-11-23-20)24-16-17-6-8-18(9-7-17)30(28,29)25(2)3/h5-11H,4,12-16H2,1-3H3,(H,21,24). The molecule has 1 aromatic heterocycles. The van der Waals surface area contributed by atoms with E-state index in [1.807, 2.05) is 25.1 Å². The molecule has 1 aliphatic rings. The molecule has 30 heavy (non-hydrogen) atoms. The normalized spacial score (nSPS) is 15.5. The summed E-state index contributed by atoms with van der Waals surface area (Å²) in [6, 6.07) is 8.71. The molecule has 0 saturated carbocycles. The van der Waals surface area contributed by atoms with Gasteiger partial charge in [-0.1, -0.05) is 12.1 Å². The molecule has 0 unspecified atom stereocenters. The van der Waals surface area contributed by atoms with Gasteiger partial charge in [0.1, 0.15) is 0 Å². The second-order valence-electron chi connectivity index (χ2n) is 7.12. The second-order valence-corrected chi connectivity index (χ2v) is 9.28. The maximum absolute atomic E-state index is 12.2. The zero-order valence-electron chi connectivity index (χ0n) is 17.7. The Labute approximate surface area is 178 Å². The first-order valence-corrected chi connectivity index (χ1v) is 11.4. The molecule has 0 spiro atoms. The number of rotatable bonds is 6. The summed E-state index contributed by atoms with van der Waals surface area (Å²) >= 11 is 0. The van der Waals surface area contributed by atoms with E-state index < -0.39 is 10.0 Å². The van der Waals surface area contributed by atoms with Crippen molar-refractivity contribution in [2.24, 2.45) is 4.99 Å². The largest absolute Gasteiger partial charge is 0.357 e. The van der Waals surface area contributed by atoms with Gasteiger partial charge in [0.25, 0.3) is 0 Å². The molecular formula is C20H29N7O2S. The second kappa shape index (κ2) is 9.86. The quantitative estimate of drug-likeness (QED) is 0.539. The van der Waals surface area contributed by atoms with Crippen molar-refractivity contribution in [3.05, 3.63) is 48.3 Å². The van der Waals surface area contributed by atoms with Crippen molar-refractivity contribution < 1.29 is 8.42 Å². The number of benzene rings is 1. The summed E-state index contributed by atoms with van der Waals surface area (Å²) in [6.45, 7) is 6.60. The molecule has 1 aromatic carbocycles. The summed E-state index contributed by atoms with van der Waals surface area (Å²) in [5.74, 6) is 1.61. The highest BCUT2D eigenvalue weighted by Gasteiger charge is 2.21. The molecule has 0 aliphatic carbocycles. The zero-order valence-corrected chi connectivity index (χ0v) is 18.5. The molecule has 0 amide bonds. The molecule has 0 atom stereocenters. The van der Waals surface area contributed by atoms with Gasteiger partial charge in [0.05, 0.1) is 11.4 Å². The average molecular weight is 432 g/mol. The van der Waals surface area contributed by atoms with E-state index in [0.717, 1.165) is 50.2 Å². The fraction of sp³-hybridized carbons (Fsp3) is 0.450. The van der Waals surface area contributed by atoms with Crippen molar-refractivity contribution in [1.29, 1.82) is 0 Å². The molecular weight excluding hydrogens is 402 g/mol. The van der Waals surface area contributed by atoms with Crippen LogP contribution in [0.1, 0.15) is 12.5 Å². The SMILES string of the molecule is CCNC(=NCc1ccc(S(=O)(=O)N(C)C)cc1)N1CCN(c2ncccn2)CC1. The molecule has 2 heterocycles. The monoisotopic (exact) mass is 431 g/mol. The van der Waals surface area contributed by atoms with Gasteiger partial charge in [0.15, 0.2) is 5.96 Å². The van der Waals surface area contributed by atoms with Gasteiger partial charge in [-0.15, -0.1) is 0 Å². The predicted octanol–water partition coefficient (Wildman–Crippen LogP) is 1.01. The Balaban J connectivity index is 1.64. The Morgan fingerprint density at radius 1 is 1.10 bits per heavy atom. The molecule has 0 bridgehead atoms. The molecule has 1 N–H and O–H groups in total. The molecule has 10 heteroatoms. The van der Waals surface area contributed by atoms with Crippen LogP contribution in [0.3, 0.4) is 0 Å². The third kappa shape index (κ3) is 5.25. The minimum Gasteiger partial charge on any atom is -0.357 e. The third-order valence-electron chi connectivity index (χ3n) is 4.86. The van der Waals surface area contributed by atoms with Gasteiger partial charge in [0, 0.05) is 59.2 Å². The van der Waals surface area contributed by atoms with Crippen LogP contribution in [0.4, 0.5) is 5.95 Å². The molecule has 0 radical (unpaired) electrons. The Morgan fingerprint density at radius 3 is 2.30 bits per heavy atom. The highest BCUT2D eigenvalue weighted by atomic mass is 32.2. The van der Waals surface area contributed by atoms with Crippen molar-refractivity contribution in [2.75, 3.05) is 51.7 Å². The number of piperazine rings is 1. The van der Waals surface area contributed by atoms with Crippen LogP contribution in [-0.2, 0) is 16.6 Å². The summed E-state index contributed by atoms with van der Waals surface area (Å²) in [6.07, 6.45) is 3.52. The lowest BCUT2D eigenvalue weighted by Gasteiger charge is -2.36. The smallest absolute Gasteiger partial charge is 0.242 e. The first-order valence-electron chi connectivity index (χ1n) is 9.98. The third-order valence-corrected chi connectivity index (χ3v) is 6.69. The van der Waals surface area contributed by atoms with Gasteiger partial charge in [-0.2, -0.15) is 0 Å². The first-order chi connectivity index (χ1) is 14.4. The summed E-state index contributed by atoms with van der Waals surface area (Å²) in [7, 11) is -0.361. The van der Waals surface area contributed by atoms with Crippen LogP contribution in [0.15, 0.2) is 52.6 Å². The first kappa shape index (κ1) is 22.0. The van der Waals surface area contributed by atoms with Gasteiger partial charge in [0.2, 0.25) is 16.0 Å². The van der Waals surface area contributed by atoms with Gasteiger partial charge in [-0.05, 0) is 30.7 Å². The minimum atomic E-state index is -3.42. The Hall–Kier alpha value is -2.72. The van der Waals surface area contributed by atoms with Crippen LogP contribution >= 0.6 is 0 Å². The maximum atomic E-state index is 12.2. The van der Waals surface area contributed by atoms with Gasteiger partial charge < -0.3 is 15.1 Å². The number of aromatic nitrogens is 2. The van der Waals surface area contributed by atoms with E-state index >= 15 is 0 Å². The number of aliphatic imine (C=N–C) groups is 1. The highest BCUT2D eigenvalue weighted by molar-refractivity contribution is 7.89. The topological polar surface area (TPSA) is 94.0 Å². The Bertz CT molecular complexity index is 939. The molecule has 3 rings (SSSR count). The lowest BCUT2D eigenvalue weighted by molar-refractivity contribution is 0.370. The van der Waals surface area contributed by atoms with Crippen LogP contribution < -0.4 is 10.2 Å². The lowest BCUT2D eigenvalue weighted by Crippen LogP contribution is -2.52. The maximum Gasteiger partial charge on any atom is 0.242 e. The lowest BCUT2D eigenvalue weighted by atomic mass is 10.2. The number of anilines is 1. The van der Waals surface area contributed by atoms with E-state index in [9.17, 15) is 8.42 Å². The van der Waals surface area contributed by atoms with E-state index in [1.165, 1.54) is 18.4 Å². The van der Waals surface area contributed by atoms with E-state index in [-0.39, 0.29) is 4.90 Å².